The third-order valence-corrected chi connectivity index (χ3v) is 4.66. The molecule has 1 aliphatic heterocycles. The molecule has 0 radical (unpaired) electrons. The van der Waals surface area contributed by atoms with Crippen molar-refractivity contribution >= 4 is 23.2 Å². The number of hydrogen-bond acceptors (Lipinski definition) is 2. The molecule has 0 saturated carbocycles. The topological polar surface area (TPSA) is 29.5 Å². The second-order valence-corrected chi connectivity index (χ2v) is 6.47. The second kappa shape index (κ2) is 6.25. The SMILES string of the molecule is Cc1cc(O[C@@H](C)C(=O)N2c3ccccc3C[C@@H]2C)ccc1Cl. The van der Waals surface area contributed by atoms with Crippen molar-refractivity contribution in [2.75, 3.05) is 4.90 Å². The standard InChI is InChI=1S/C19H20ClNO2/c1-12-10-16(8-9-17(12)20)23-14(3)19(22)21-13(2)11-15-6-4-5-7-18(15)21/h4-10,13-14H,11H2,1-3H3/t13-,14-/m0/s1. The number of hydrogen-bond donors (Lipinski definition) is 0. The molecule has 23 heavy (non-hydrogen) atoms. The molecule has 0 spiro atoms. The Balaban J connectivity index is 1.78. The zero-order valence-corrected chi connectivity index (χ0v) is 14.3. The fourth-order valence-corrected chi connectivity index (χ4v) is 3.16. The highest BCUT2D eigenvalue weighted by Crippen LogP contribution is 2.32. The third kappa shape index (κ3) is 3.06. The maximum atomic E-state index is 12.8. The Morgan fingerprint density at radius 3 is 2.78 bits per heavy atom. The van der Waals surface area contributed by atoms with Crippen LogP contribution in [0.25, 0.3) is 0 Å². The molecule has 0 aromatic heterocycles. The van der Waals surface area contributed by atoms with Crippen LogP contribution in [0.5, 0.6) is 5.75 Å². The summed E-state index contributed by atoms with van der Waals surface area (Å²) in [6.07, 6.45) is 0.332. The van der Waals surface area contributed by atoms with E-state index < -0.39 is 6.10 Å². The number of nitrogens with zero attached hydrogens (tertiary/aromatic N) is 1. The summed E-state index contributed by atoms with van der Waals surface area (Å²) in [6, 6.07) is 13.6. The van der Waals surface area contributed by atoms with Gasteiger partial charge in [0.15, 0.2) is 6.10 Å². The Hall–Kier alpha value is -2.00. The van der Waals surface area contributed by atoms with Crippen LogP contribution in [0.1, 0.15) is 25.0 Å². The first-order chi connectivity index (χ1) is 11.0. The van der Waals surface area contributed by atoms with E-state index in [0.29, 0.717) is 10.8 Å². The van der Waals surface area contributed by atoms with Gasteiger partial charge < -0.3 is 9.64 Å². The molecule has 0 unspecified atom stereocenters. The first-order valence-corrected chi connectivity index (χ1v) is 8.19. The van der Waals surface area contributed by atoms with Crippen LogP contribution in [-0.2, 0) is 11.2 Å². The lowest BCUT2D eigenvalue weighted by Crippen LogP contribution is -2.43. The highest BCUT2D eigenvalue weighted by atomic mass is 35.5. The number of fused-ring (bicyclic) bond motifs is 1. The molecule has 1 heterocycles. The average molecular weight is 330 g/mol. The summed E-state index contributed by atoms with van der Waals surface area (Å²) in [5, 5.41) is 0.693. The molecule has 2 atom stereocenters. The Bertz CT molecular complexity index is 744. The number of ether oxygens (including phenoxy) is 1. The summed E-state index contributed by atoms with van der Waals surface area (Å²) >= 11 is 6.03. The van der Waals surface area contributed by atoms with Crippen molar-refractivity contribution in [1.82, 2.24) is 0 Å². The number of rotatable bonds is 3. The predicted molar refractivity (Wildman–Crippen MR) is 93.4 cm³/mol. The van der Waals surface area contributed by atoms with E-state index in [2.05, 4.69) is 13.0 Å². The monoisotopic (exact) mass is 329 g/mol. The Labute approximate surface area is 141 Å². The van der Waals surface area contributed by atoms with E-state index in [1.807, 2.05) is 36.1 Å². The van der Waals surface area contributed by atoms with Crippen molar-refractivity contribution < 1.29 is 9.53 Å². The average Bonchev–Trinajstić information content (AvgIpc) is 2.86. The Morgan fingerprint density at radius 1 is 1.30 bits per heavy atom. The van der Waals surface area contributed by atoms with Gasteiger partial charge in [-0.25, -0.2) is 0 Å². The highest BCUT2D eigenvalue weighted by Gasteiger charge is 2.33. The first-order valence-electron chi connectivity index (χ1n) is 7.81. The molecule has 3 rings (SSSR count). The molecule has 2 aromatic rings. The lowest BCUT2D eigenvalue weighted by molar-refractivity contribution is -0.124. The Kier molecular flexibility index (Phi) is 4.31. The van der Waals surface area contributed by atoms with Crippen molar-refractivity contribution in [1.29, 1.82) is 0 Å². The molecular weight excluding hydrogens is 310 g/mol. The van der Waals surface area contributed by atoms with Gasteiger partial charge in [-0.3, -0.25) is 4.79 Å². The highest BCUT2D eigenvalue weighted by molar-refractivity contribution is 6.31. The number of carbonyl (C=O) groups excluding carboxylic acids is 1. The van der Waals surface area contributed by atoms with Gasteiger partial charge in [0.1, 0.15) is 5.75 Å². The molecule has 2 aromatic carbocycles. The van der Waals surface area contributed by atoms with Crippen LogP contribution in [0.2, 0.25) is 5.02 Å². The normalized spacial score (nSPS) is 17.7. The third-order valence-electron chi connectivity index (χ3n) is 4.23. The van der Waals surface area contributed by atoms with E-state index in [-0.39, 0.29) is 11.9 Å². The summed E-state index contributed by atoms with van der Waals surface area (Å²) in [4.78, 5) is 14.7. The van der Waals surface area contributed by atoms with Gasteiger partial charge >= 0.3 is 0 Å². The molecule has 0 N–H and O–H groups in total. The number of halogens is 1. The van der Waals surface area contributed by atoms with Crippen molar-refractivity contribution in [3.63, 3.8) is 0 Å². The van der Waals surface area contributed by atoms with E-state index in [0.717, 1.165) is 17.7 Å². The van der Waals surface area contributed by atoms with Gasteiger partial charge in [-0.1, -0.05) is 29.8 Å². The van der Waals surface area contributed by atoms with Gasteiger partial charge in [0.2, 0.25) is 0 Å². The minimum Gasteiger partial charge on any atom is -0.481 e. The van der Waals surface area contributed by atoms with Gasteiger partial charge in [-0.2, -0.15) is 0 Å². The molecule has 3 nitrogen and oxygen atoms in total. The summed E-state index contributed by atoms with van der Waals surface area (Å²) < 4.78 is 5.84. The number of anilines is 1. The number of benzene rings is 2. The van der Waals surface area contributed by atoms with Gasteiger partial charge in [0, 0.05) is 16.8 Å². The van der Waals surface area contributed by atoms with E-state index in [9.17, 15) is 4.79 Å². The largest absolute Gasteiger partial charge is 0.481 e. The number of carbonyl (C=O) groups is 1. The van der Waals surface area contributed by atoms with Crippen LogP contribution in [0, 0.1) is 6.92 Å². The smallest absolute Gasteiger partial charge is 0.268 e. The summed E-state index contributed by atoms with van der Waals surface area (Å²) in [5.41, 5.74) is 3.14. The van der Waals surface area contributed by atoms with Gasteiger partial charge in [0.05, 0.1) is 0 Å². The lowest BCUT2D eigenvalue weighted by atomic mass is 10.1. The number of para-hydroxylation sites is 1. The van der Waals surface area contributed by atoms with Gasteiger partial charge in [0.25, 0.3) is 5.91 Å². The van der Waals surface area contributed by atoms with Crippen LogP contribution in [-0.4, -0.2) is 18.1 Å². The van der Waals surface area contributed by atoms with Gasteiger partial charge in [-0.15, -0.1) is 0 Å². The number of amides is 1. The van der Waals surface area contributed by atoms with Crippen molar-refractivity contribution in [3.8, 4) is 5.75 Å². The maximum absolute atomic E-state index is 12.8. The number of aryl methyl sites for hydroxylation is 1. The molecule has 0 saturated heterocycles. The lowest BCUT2D eigenvalue weighted by Gasteiger charge is -2.26. The zero-order chi connectivity index (χ0) is 16.6. The molecule has 4 heteroatoms. The maximum Gasteiger partial charge on any atom is 0.268 e. The second-order valence-electron chi connectivity index (χ2n) is 6.06. The van der Waals surface area contributed by atoms with E-state index in [1.165, 1.54) is 5.56 Å². The quantitative estimate of drug-likeness (QED) is 0.835. The van der Waals surface area contributed by atoms with Crippen LogP contribution < -0.4 is 9.64 Å². The van der Waals surface area contributed by atoms with Crippen molar-refractivity contribution in [3.05, 3.63) is 58.6 Å². The van der Waals surface area contributed by atoms with E-state index >= 15 is 0 Å². The summed E-state index contributed by atoms with van der Waals surface area (Å²) in [6.45, 7) is 5.78. The fourth-order valence-electron chi connectivity index (χ4n) is 3.04. The van der Waals surface area contributed by atoms with Crippen LogP contribution in [0.4, 0.5) is 5.69 Å². The molecule has 1 amide bonds. The van der Waals surface area contributed by atoms with E-state index in [1.54, 1.807) is 19.1 Å². The minimum atomic E-state index is -0.552. The first kappa shape index (κ1) is 15.9. The summed E-state index contributed by atoms with van der Waals surface area (Å²) in [7, 11) is 0. The molecule has 0 aliphatic carbocycles. The predicted octanol–water partition coefficient (Wildman–Crippen LogP) is 4.39. The van der Waals surface area contributed by atoms with Crippen LogP contribution in [0.15, 0.2) is 42.5 Å². The van der Waals surface area contributed by atoms with Crippen LogP contribution >= 0.6 is 11.6 Å². The van der Waals surface area contributed by atoms with Crippen molar-refractivity contribution in [2.24, 2.45) is 0 Å². The minimum absolute atomic E-state index is 0.0185. The van der Waals surface area contributed by atoms with Gasteiger partial charge in [-0.05, 0) is 62.6 Å². The van der Waals surface area contributed by atoms with Crippen molar-refractivity contribution in [2.45, 2.75) is 39.3 Å². The fraction of sp³-hybridized carbons (Fsp3) is 0.316. The molecule has 120 valence electrons. The van der Waals surface area contributed by atoms with Crippen LogP contribution in [0.3, 0.4) is 0 Å². The molecule has 0 fully saturated rings. The Morgan fingerprint density at radius 2 is 2.04 bits per heavy atom. The zero-order valence-electron chi connectivity index (χ0n) is 13.5. The molecular formula is C19H20ClNO2. The van der Waals surface area contributed by atoms with E-state index in [4.69, 9.17) is 16.3 Å². The summed E-state index contributed by atoms with van der Waals surface area (Å²) in [5.74, 6) is 0.642. The molecule has 0 bridgehead atoms. The molecule has 1 aliphatic rings.